The number of nitrogens with one attached hydrogen (secondary N) is 1. The molecule has 2 aliphatic heterocycles. The molecular weight excluding hydrogens is 422 g/mol. The number of fused-ring (bicyclic) bond motifs is 1. The van der Waals surface area contributed by atoms with Gasteiger partial charge in [0.25, 0.3) is 0 Å². The van der Waals surface area contributed by atoms with Crippen molar-refractivity contribution < 1.29 is 18.6 Å². The molecule has 2 saturated heterocycles. The third-order valence-electron chi connectivity index (χ3n) is 5.79. The lowest BCUT2D eigenvalue weighted by Gasteiger charge is -2.29. The molecule has 0 aliphatic carbocycles. The molecule has 0 atom stereocenters. The molecular formula is C24H29N5O4. The van der Waals surface area contributed by atoms with Crippen LogP contribution in [0.5, 0.6) is 5.88 Å². The van der Waals surface area contributed by atoms with Gasteiger partial charge in [0.15, 0.2) is 5.82 Å². The molecule has 0 spiro atoms. The highest BCUT2D eigenvalue weighted by Gasteiger charge is 2.15. The summed E-state index contributed by atoms with van der Waals surface area (Å²) in [4.78, 5) is 9.24. The van der Waals surface area contributed by atoms with Crippen molar-refractivity contribution in [2.24, 2.45) is 5.10 Å². The lowest BCUT2D eigenvalue weighted by molar-refractivity contribution is 0.0320. The molecule has 174 valence electrons. The molecule has 9 nitrogen and oxygen atoms in total. The standard InChI is InChI=1S/C24H29N5O4/c1-2-22-20(3-9-32-22)15-19(1)18-25-27-23-16-21(29-7-12-31-13-8-29)17-24(26-23)33-14-6-28-4-10-30-11-5-28/h1-3,9,15-18H,4-8,10-14H2,(H,26,27). The Kier molecular flexibility index (Phi) is 7.00. The highest BCUT2D eigenvalue weighted by atomic mass is 16.5. The van der Waals surface area contributed by atoms with E-state index in [4.69, 9.17) is 18.6 Å². The van der Waals surface area contributed by atoms with E-state index in [1.807, 2.05) is 36.4 Å². The molecule has 0 saturated carbocycles. The van der Waals surface area contributed by atoms with E-state index in [1.165, 1.54) is 0 Å². The van der Waals surface area contributed by atoms with E-state index in [1.54, 1.807) is 12.5 Å². The van der Waals surface area contributed by atoms with Crippen LogP contribution in [0.15, 0.2) is 52.2 Å². The van der Waals surface area contributed by atoms with E-state index in [0.29, 0.717) is 31.5 Å². The van der Waals surface area contributed by atoms with E-state index < -0.39 is 0 Å². The quantitative estimate of drug-likeness (QED) is 0.414. The van der Waals surface area contributed by atoms with Crippen molar-refractivity contribution in [1.29, 1.82) is 0 Å². The summed E-state index contributed by atoms with van der Waals surface area (Å²) in [6.45, 7) is 7.98. The number of ether oxygens (including phenoxy) is 3. The molecule has 5 rings (SSSR count). The van der Waals surface area contributed by atoms with Gasteiger partial charge in [-0.05, 0) is 29.8 Å². The molecule has 33 heavy (non-hydrogen) atoms. The summed E-state index contributed by atoms with van der Waals surface area (Å²) in [5, 5.41) is 5.44. The Hall–Kier alpha value is -3.14. The first-order valence-electron chi connectivity index (χ1n) is 11.4. The van der Waals surface area contributed by atoms with Crippen molar-refractivity contribution in [3.63, 3.8) is 0 Å². The van der Waals surface area contributed by atoms with Crippen LogP contribution in [-0.2, 0) is 9.47 Å². The van der Waals surface area contributed by atoms with Gasteiger partial charge in [-0.3, -0.25) is 10.3 Å². The van der Waals surface area contributed by atoms with Crippen molar-refractivity contribution in [2.45, 2.75) is 0 Å². The fourth-order valence-electron chi connectivity index (χ4n) is 3.97. The molecule has 3 aromatic rings. The van der Waals surface area contributed by atoms with E-state index in [0.717, 1.165) is 68.2 Å². The summed E-state index contributed by atoms with van der Waals surface area (Å²) in [7, 11) is 0. The fraction of sp³-hybridized carbons (Fsp3) is 0.417. The Labute approximate surface area is 192 Å². The zero-order valence-electron chi connectivity index (χ0n) is 18.6. The van der Waals surface area contributed by atoms with E-state index in [2.05, 4.69) is 25.3 Å². The van der Waals surface area contributed by atoms with Gasteiger partial charge in [-0.2, -0.15) is 10.1 Å². The van der Waals surface area contributed by atoms with Crippen molar-refractivity contribution in [3.05, 3.63) is 48.2 Å². The second kappa shape index (κ2) is 10.7. The molecule has 2 aliphatic rings. The number of aromatic nitrogens is 1. The Morgan fingerprint density at radius 3 is 2.67 bits per heavy atom. The molecule has 4 heterocycles. The van der Waals surface area contributed by atoms with Gasteiger partial charge in [-0.1, -0.05) is 0 Å². The zero-order valence-corrected chi connectivity index (χ0v) is 18.6. The minimum absolute atomic E-state index is 0.576. The number of benzene rings is 1. The van der Waals surface area contributed by atoms with Crippen LogP contribution in [0.4, 0.5) is 11.5 Å². The second-order valence-electron chi connectivity index (χ2n) is 8.04. The van der Waals surface area contributed by atoms with Crippen LogP contribution in [0.3, 0.4) is 0 Å². The number of morpholine rings is 2. The van der Waals surface area contributed by atoms with Crippen molar-refractivity contribution in [2.75, 3.05) is 76.1 Å². The van der Waals surface area contributed by atoms with Gasteiger partial charge in [0, 0.05) is 55.9 Å². The van der Waals surface area contributed by atoms with E-state index >= 15 is 0 Å². The molecule has 2 aromatic heterocycles. The van der Waals surface area contributed by atoms with Crippen LogP contribution in [0.2, 0.25) is 0 Å². The Morgan fingerprint density at radius 2 is 1.82 bits per heavy atom. The van der Waals surface area contributed by atoms with Crippen molar-refractivity contribution in [1.82, 2.24) is 9.88 Å². The van der Waals surface area contributed by atoms with Crippen LogP contribution < -0.4 is 15.1 Å². The number of rotatable bonds is 8. The van der Waals surface area contributed by atoms with Crippen molar-refractivity contribution >= 4 is 28.7 Å². The topological polar surface area (TPSA) is 84.6 Å². The van der Waals surface area contributed by atoms with Gasteiger partial charge in [-0.25, -0.2) is 0 Å². The molecule has 0 unspecified atom stereocenters. The van der Waals surface area contributed by atoms with Crippen LogP contribution in [0.1, 0.15) is 5.56 Å². The lowest BCUT2D eigenvalue weighted by atomic mass is 10.2. The smallest absolute Gasteiger partial charge is 0.217 e. The predicted octanol–water partition coefficient (Wildman–Crippen LogP) is 2.82. The maximum Gasteiger partial charge on any atom is 0.217 e. The monoisotopic (exact) mass is 451 g/mol. The third-order valence-corrected chi connectivity index (χ3v) is 5.79. The molecule has 0 bridgehead atoms. The number of hydrogen-bond donors (Lipinski definition) is 1. The van der Waals surface area contributed by atoms with Crippen LogP contribution >= 0.6 is 0 Å². The second-order valence-corrected chi connectivity index (χ2v) is 8.04. The zero-order chi connectivity index (χ0) is 22.3. The number of hydrazone groups is 1. The van der Waals surface area contributed by atoms with Crippen molar-refractivity contribution in [3.8, 4) is 5.88 Å². The van der Waals surface area contributed by atoms with E-state index in [-0.39, 0.29) is 0 Å². The fourth-order valence-corrected chi connectivity index (χ4v) is 3.97. The Morgan fingerprint density at radius 1 is 1.00 bits per heavy atom. The third kappa shape index (κ3) is 5.81. The molecule has 0 amide bonds. The van der Waals surface area contributed by atoms with Crippen LogP contribution in [0, 0.1) is 0 Å². The summed E-state index contributed by atoms with van der Waals surface area (Å²) in [5.41, 5.74) is 5.95. The molecule has 0 radical (unpaired) electrons. The average Bonchev–Trinajstić information content (AvgIpc) is 3.33. The summed E-state index contributed by atoms with van der Waals surface area (Å²) >= 11 is 0. The van der Waals surface area contributed by atoms with Gasteiger partial charge in [0.1, 0.15) is 12.2 Å². The maximum atomic E-state index is 6.03. The first-order valence-corrected chi connectivity index (χ1v) is 11.4. The summed E-state index contributed by atoms with van der Waals surface area (Å²) in [6, 6.07) is 11.9. The minimum Gasteiger partial charge on any atom is -0.476 e. The lowest BCUT2D eigenvalue weighted by Crippen LogP contribution is -2.38. The van der Waals surface area contributed by atoms with Gasteiger partial charge in [0.05, 0.1) is 38.9 Å². The Bertz CT molecular complexity index is 1070. The average molecular weight is 452 g/mol. The number of pyridine rings is 1. The first kappa shape index (κ1) is 21.7. The largest absolute Gasteiger partial charge is 0.476 e. The summed E-state index contributed by atoms with van der Waals surface area (Å²) in [5.74, 6) is 1.23. The maximum absolute atomic E-state index is 6.03. The summed E-state index contributed by atoms with van der Waals surface area (Å²) in [6.07, 6.45) is 3.46. The number of hydrogen-bond acceptors (Lipinski definition) is 9. The minimum atomic E-state index is 0.576. The molecule has 1 aromatic carbocycles. The Balaban J connectivity index is 1.27. The van der Waals surface area contributed by atoms with Gasteiger partial charge >= 0.3 is 0 Å². The summed E-state index contributed by atoms with van der Waals surface area (Å²) < 4.78 is 22.3. The van der Waals surface area contributed by atoms with Gasteiger partial charge < -0.3 is 23.5 Å². The van der Waals surface area contributed by atoms with Gasteiger partial charge in [0.2, 0.25) is 5.88 Å². The number of nitrogens with zero attached hydrogens (tertiary/aromatic N) is 4. The number of furan rings is 1. The van der Waals surface area contributed by atoms with E-state index in [9.17, 15) is 0 Å². The SMILES string of the molecule is C(=NNc1cc(N2CCOCC2)cc(OCCN2CCOCC2)n1)c1ccc2occc2c1. The van der Waals surface area contributed by atoms with Crippen LogP contribution in [0.25, 0.3) is 11.0 Å². The highest BCUT2D eigenvalue weighted by molar-refractivity contribution is 5.88. The molecule has 1 N–H and O–H groups in total. The first-order chi connectivity index (χ1) is 16.3. The highest BCUT2D eigenvalue weighted by Crippen LogP contribution is 2.25. The van der Waals surface area contributed by atoms with Gasteiger partial charge in [-0.15, -0.1) is 0 Å². The number of anilines is 2. The molecule has 2 fully saturated rings. The molecule has 9 heteroatoms. The predicted molar refractivity (Wildman–Crippen MR) is 127 cm³/mol. The van der Waals surface area contributed by atoms with Crippen LogP contribution in [-0.4, -0.2) is 81.9 Å². The normalized spacial score (nSPS) is 17.6.